The molecule has 0 saturated carbocycles. The van der Waals surface area contributed by atoms with Crippen molar-refractivity contribution >= 4 is 15.7 Å². The minimum absolute atomic E-state index is 0.0292. The van der Waals surface area contributed by atoms with E-state index in [4.69, 9.17) is 0 Å². The molecule has 1 aliphatic heterocycles. The number of sulfonamides is 1. The maximum atomic E-state index is 12.4. The van der Waals surface area contributed by atoms with Gasteiger partial charge in [-0.2, -0.15) is 13.1 Å². The number of rotatable bonds is 5. The standard InChI is InChI=1S/C12H14F2N2O5S/c1-8-2-3-10(6-11(8)16(17)18)22(19,20)15-5-4-9(7-15)21-12(13)14/h2-3,6,9,12H,4-5,7H2,1H3/t9-/m1/s1. The Labute approximate surface area is 125 Å². The second-order valence-electron chi connectivity index (χ2n) is 4.88. The van der Waals surface area contributed by atoms with E-state index in [2.05, 4.69) is 4.74 Å². The van der Waals surface area contributed by atoms with Gasteiger partial charge in [0.1, 0.15) is 0 Å². The van der Waals surface area contributed by atoms with E-state index >= 15 is 0 Å². The first kappa shape index (κ1) is 16.7. The summed E-state index contributed by atoms with van der Waals surface area (Å²) in [6.45, 7) is -1.64. The van der Waals surface area contributed by atoms with Crippen LogP contribution in [0.4, 0.5) is 14.5 Å². The topological polar surface area (TPSA) is 89.8 Å². The molecule has 1 aliphatic rings. The lowest BCUT2D eigenvalue weighted by Crippen LogP contribution is -2.30. The van der Waals surface area contributed by atoms with Gasteiger partial charge in [-0.15, -0.1) is 0 Å². The molecule has 0 spiro atoms. The molecule has 0 aliphatic carbocycles. The molecule has 0 bridgehead atoms. The number of hydrogen-bond donors (Lipinski definition) is 0. The Morgan fingerprint density at radius 2 is 2.14 bits per heavy atom. The summed E-state index contributed by atoms with van der Waals surface area (Å²) in [5.41, 5.74) is 0.0323. The van der Waals surface area contributed by atoms with Crippen LogP contribution >= 0.6 is 0 Å². The average Bonchev–Trinajstić information content (AvgIpc) is 2.87. The first-order valence-corrected chi connectivity index (χ1v) is 7.84. The molecule has 0 unspecified atom stereocenters. The SMILES string of the molecule is Cc1ccc(S(=O)(=O)N2CC[C@@H](OC(F)F)C2)cc1[N+](=O)[O-]. The van der Waals surface area contributed by atoms with Crippen LogP contribution in [0.1, 0.15) is 12.0 Å². The van der Waals surface area contributed by atoms with E-state index in [0.29, 0.717) is 5.56 Å². The van der Waals surface area contributed by atoms with Gasteiger partial charge in [-0.3, -0.25) is 10.1 Å². The second-order valence-corrected chi connectivity index (χ2v) is 6.81. The first-order valence-electron chi connectivity index (χ1n) is 6.40. The highest BCUT2D eigenvalue weighted by Gasteiger charge is 2.35. The molecular formula is C12H14F2N2O5S. The van der Waals surface area contributed by atoms with E-state index in [-0.39, 0.29) is 30.1 Å². The number of nitro groups is 1. The third-order valence-corrected chi connectivity index (χ3v) is 5.28. The van der Waals surface area contributed by atoms with E-state index in [1.54, 1.807) is 0 Å². The Bertz CT molecular complexity index is 680. The molecule has 1 aromatic rings. The van der Waals surface area contributed by atoms with Gasteiger partial charge in [0.15, 0.2) is 0 Å². The first-order chi connectivity index (χ1) is 10.2. The molecular weight excluding hydrogens is 322 g/mol. The van der Waals surface area contributed by atoms with Crippen molar-refractivity contribution < 1.29 is 26.9 Å². The van der Waals surface area contributed by atoms with Crippen molar-refractivity contribution in [3.63, 3.8) is 0 Å². The van der Waals surface area contributed by atoms with Gasteiger partial charge >= 0.3 is 6.61 Å². The normalized spacial score (nSPS) is 19.7. The van der Waals surface area contributed by atoms with Crippen molar-refractivity contribution in [2.45, 2.75) is 31.0 Å². The molecule has 0 aromatic heterocycles. The van der Waals surface area contributed by atoms with Gasteiger partial charge in [-0.05, 0) is 19.4 Å². The monoisotopic (exact) mass is 336 g/mol. The Balaban J connectivity index is 2.25. The number of halogens is 2. The van der Waals surface area contributed by atoms with Gasteiger partial charge in [-0.25, -0.2) is 8.42 Å². The Hall–Kier alpha value is -1.65. The maximum Gasteiger partial charge on any atom is 0.345 e. The van der Waals surface area contributed by atoms with Gasteiger partial charge in [0.25, 0.3) is 5.69 Å². The minimum atomic E-state index is -3.98. The average molecular weight is 336 g/mol. The highest BCUT2D eigenvalue weighted by molar-refractivity contribution is 7.89. The van der Waals surface area contributed by atoms with Gasteiger partial charge < -0.3 is 4.74 Å². The van der Waals surface area contributed by atoms with Crippen molar-refractivity contribution in [2.75, 3.05) is 13.1 Å². The number of aryl methyl sites for hydroxylation is 1. The summed E-state index contributed by atoms with van der Waals surface area (Å²) in [6, 6.07) is 3.58. The van der Waals surface area contributed by atoms with Crippen LogP contribution in [0.25, 0.3) is 0 Å². The minimum Gasteiger partial charge on any atom is -0.318 e. The summed E-state index contributed by atoms with van der Waals surface area (Å²) >= 11 is 0. The predicted octanol–water partition coefficient (Wildman–Crippen LogP) is 1.91. The lowest BCUT2D eigenvalue weighted by Gasteiger charge is -2.16. The van der Waals surface area contributed by atoms with Gasteiger partial charge in [-0.1, -0.05) is 6.07 Å². The molecule has 1 fully saturated rings. The van der Waals surface area contributed by atoms with E-state index in [0.717, 1.165) is 10.4 Å². The lowest BCUT2D eigenvalue weighted by molar-refractivity contribution is -0.385. The van der Waals surface area contributed by atoms with Crippen molar-refractivity contribution in [3.8, 4) is 0 Å². The van der Waals surface area contributed by atoms with Crippen LogP contribution in [0, 0.1) is 17.0 Å². The van der Waals surface area contributed by atoms with Gasteiger partial charge in [0.2, 0.25) is 10.0 Å². The third kappa shape index (κ3) is 3.39. The molecule has 0 radical (unpaired) electrons. The molecule has 1 atom stereocenters. The summed E-state index contributed by atoms with van der Waals surface area (Å²) in [4.78, 5) is 9.99. The Kier molecular flexibility index (Phi) is 4.73. The quantitative estimate of drug-likeness (QED) is 0.605. The van der Waals surface area contributed by atoms with Crippen LogP contribution < -0.4 is 0 Å². The molecule has 0 amide bonds. The van der Waals surface area contributed by atoms with Gasteiger partial charge in [0, 0.05) is 24.7 Å². The zero-order chi connectivity index (χ0) is 16.5. The zero-order valence-electron chi connectivity index (χ0n) is 11.6. The highest BCUT2D eigenvalue weighted by atomic mass is 32.2. The fraction of sp³-hybridized carbons (Fsp3) is 0.500. The summed E-state index contributed by atoms with van der Waals surface area (Å²) < 4.78 is 54.4. The lowest BCUT2D eigenvalue weighted by atomic mass is 10.2. The number of ether oxygens (including phenoxy) is 1. The Morgan fingerprint density at radius 1 is 1.45 bits per heavy atom. The van der Waals surface area contributed by atoms with E-state index in [1.807, 2.05) is 0 Å². The van der Waals surface area contributed by atoms with Crippen LogP contribution in [-0.4, -0.2) is 43.5 Å². The maximum absolute atomic E-state index is 12.4. The summed E-state index contributed by atoms with van der Waals surface area (Å²) in [6.07, 6.45) is -0.729. The van der Waals surface area contributed by atoms with Crippen LogP contribution in [0.15, 0.2) is 23.1 Å². The van der Waals surface area contributed by atoms with Crippen molar-refractivity contribution in [3.05, 3.63) is 33.9 Å². The van der Waals surface area contributed by atoms with Crippen molar-refractivity contribution in [1.29, 1.82) is 0 Å². The fourth-order valence-electron chi connectivity index (χ4n) is 2.27. The summed E-state index contributed by atoms with van der Waals surface area (Å²) in [5.74, 6) is 0. The fourth-order valence-corrected chi connectivity index (χ4v) is 3.77. The number of nitrogens with zero attached hydrogens (tertiary/aromatic N) is 2. The second kappa shape index (κ2) is 6.23. The largest absolute Gasteiger partial charge is 0.345 e. The molecule has 1 saturated heterocycles. The van der Waals surface area contributed by atoms with Crippen molar-refractivity contribution in [2.24, 2.45) is 0 Å². The zero-order valence-corrected chi connectivity index (χ0v) is 12.4. The molecule has 122 valence electrons. The van der Waals surface area contributed by atoms with Crippen LogP contribution in [0.3, 0.4) is 0 Å². The number of alkyl halides is 2. The molecule has 10 heteroatoms. The van der Waals surface area contributed by atoms with Crippen LogP contribution in [-0.2, 0) is 14.8 Å². The summed E-state index contributed by atoms with van der Waals surface area (Å²) in [7, 11) is -3.98. The van der Waals surface area contributed by atoms with Crippen molar-refractivity contribution in [1.82, 2.24) is 4.31 Å². The van der Waals surface area contributed by atoms with E-state index < -0.39 is 27.7 Å². The Morgan fingerprint density at radius 3 is 2.73 bits per heavy atom. The molecule has 0 N–H and O–H groups in total. The molecule has 1 heterocycles. The van der Waals surface area contributed by atoms with Gasteiger partial charge in [0.05, 0.1) is 15.9 Å². The molecule has 22 heavy (non-hydrogen) atoms. The number of nitro benzene ring substituents is 1. The van der Waals surface area contributed by atoms with Crippen LogP contribution in [0.2, 0.25) is 0 Å². The molecule has 7 nitrogen and oxygen atoms in total. The predicted molar refractivity (Wildman–Crippen MR) is 72.1 cm³/mol. The van der Waals surface area contributed by atoms with E-state index in [1.165, 1.54) is 19.1 Å². The molecule has 2 rings (SSSR count). The number of benzene rings is 1. The van der Waals surface area contributed by atoms with E-state index in [9.17, 15) is 27.3 Å². The third-order valence-electron chi connectivity index (χ3n) is 3.42. The smallest absolute Gasteiger partial charge is 0.318 e. The molecule has 1 aromatic carbocycles. The highest BCUT2D eigenvalue weighted by Crippen LogP contribution is 2.27. The summed E-state index contributed by atoms with van der Waals surface area (Å²) in [5, 5.41) is 10.9. The number of hydrogen-bond acceptors (Lipinski definition) is 5. The van der Waals surface area contributed by atoms with Crippen LogP contribution in [0.5, 0.6) is 0 Å².